The number of likely N-dealkylation sites (N-methyl/N-ethyl adjacent to an activating group) is 1. The number of carbonyl (C=O) groups is 3. The SMILES string of the molecule is CNC(=O)[C@H](CCCNC(=O)CSC(C)C)NC(=O)CSC(C)C. The topological polar surface area (TPSA) is 87.3 Å². The van der Waals surface area contributed by atoms with Crippen LogP contribution in [-0.4, -0.2) is 59.4 Å². The molecule has 0 aromatic rings. The predicted octanol–water partition coefficient (Wildman–Crippen LogP) is 1.40. The Morgan fingerprint density at radius 1 is 0.917 bits per heavy atom. The molecule has 0 fully saturated rings. The van der Waals surface area contributed by atoms with Gasteiger partial charge in [0.05, 0.1) is 11.5 Å². The predicted molar refractivity (Wildman–Crippen MR) is 103 cm³/mol. The Labute approximate surface area is 154 Å². The van der Waals surface area contributed by atoms with Gasteiger partial charge in [-0.05, 0) is 23.3 Å². The Morgan fingerprint density at radius 2 is 1.46 bits per heavy atom. The average Bonchev–Trinajstić information content (AvgIpc) is 2.52. The molecule has 3 amide bonds. The fourth-order valence-corrected chi connectivity index (χ4v) is 2.90. The number of hydrogen-bond donors (Lipinski definition) is 3. The maximum absolute atomic E-state index is 11.9. The summed E-state index contributed by atoms with van der Waals surface area (Å²) >= 11 is 3.13. The molecule has 140 valence electrons. The lowest BCUT2D eigenvalue weighted by molar-refractivity contribution is -0.127. The zero-order valence-corrected chi connectivity index (χ0v) is 16.9. The van der Waals surface area contributed by atoms with Crippen LogP contribution in [0, 0.1) is 0 Å². The smallest absolute Gasteiger partial charge is 0.242 e. The summed E-state index contributed by atoms with van der Waals surface area (Å²) in [4.78, 5) is 35.4. The molecule has 0 aromatic heterocycles. The highest BCUT2D eigenvalue weighted by atomic mass is 32.2. The molecule has 3 N–H and O–H groups in total. The minimum Gasteiger partial charge on any atom is -0.357 e. The Balaban J connectivity index is 4.14. The number of rotatable bonds is 12. The van der Waals surface area contributed by atoms with E-state index in [1.807, 2.05) is 27.7 Å². The van der Waals surface area contributed by atoms with Crippen molar-refractivity contribution < 1.29 is 14.4 Å². The number of carbonyl (C=O) groups excluding carboxylic acids is 3. The van der Waals surface area contributed by atoms with Crippen molar-refractivity contribution in [3.05, 3.63) is 0 Å². The molecule has 0 aliphatic heterocycles. The van der Waals surface area contributed by atoms with Crippen LogP contribution in [0.5, 0.6) is 0 Å². The minimum absolute atomic E-state index is 0.00237. The molecule has 0 unspecified atom stereocenters. The standard InChI is InChI=1S/C16H31N3O3S2/c1-11(2)23-9-14(20)18-8-6-7-13(16(22)17-5)19-15(21)10-24-12(3)4/h11-13H,6-10H2,1-5H3,(H,17,22)(H,18,20)(H,19,21)/t13-/m0/s1. The molecule has 0 spiro atoms. The number of nitrogens with one attached hydrogen (secondary N) is 3. The third-order valence-corrected chi connectivity index (χ3v) is 5.18. The molecule has 6 nitrogen and oxygen atoms in total. The van der Waals surface area contributed by atoms with Gasteiger partial charge in [0.25, 0.3) is 0 Å². The quantitative estimate of drug-likeness (QED) is 0.448. The van der Waals surface area contributed by atoms with Gasteiger partial charge in [-0.15, -0.1) is 23.5 Å². The monoisotopic (exact) mass is 377 g/mol. The van der Waals surface area contributed by atoms with Gasteiger partial charge in [-0.25, -0.2) is 0 Å². The first kappa shape index (κ1) is 23.1. The molecule has 24 heavy (non-hydrogen) atoms. The summed E-state index contributed by atoms with van der Waals surface area (Å²) in [6.45, 7) is 8.64. The first-order valence-corrected chi connectivity index (χ1v) is 10.4. The average molecular weight is 378 g/mol. The molecule has 8 heteroatoms. The lowest BCUT2D eigenvalue weighted by atomic mass is 10.1. The van der Waals surface area contributed by atoms with Crippen molar-refractivity contribution in [3.63, 3.8) is 0 Å². The van der Waals surface area contributed by atoms with E-state index in [-0.39, 0.29) is 17.7 Å². The van der Waals surface area contributed by atoms with Crippen molar-refractivity contribution in [2.24, 2.45) is 0 Å². The van der Waals surface area contributed by atoms with E-state index in [2.05, 4.69) is 16.0 Å². The maximum Gasteiger partial charge on any atom is 0.242 e. The number of hydrogen-bond acceptors (Lipinski definition) is 5. The van der Waals surface area contributed by atoms with E-state index in [1.165, 1.54) is 11.8 Å². The normalized spacial score (nSPS) is 12.1. The van der Waals surface area contributed by atoms with Crippen molar-refractivity contribution in [2.45, 2.75) is 57.1 Å². The van der Waals surface area contributed by atoms with E-state index in [0.717, 1.165) is 0 Å². The van der Waals surface area contributed by atoms with Crippen LogP contribution in [0.3, 0.4) is 0 Å². The fraction of sp³-hybridized carbons (Fsp3) is 0.812. The maximum atomic E-state index is 11.9. The van der Waals surface area contributed by atoms with Crippen molar-refractivity contribution in [1.82, 2.24) is 16.0 Å². The van der Waals surface area contributed by atoms with Crippen LogP contribution in [0.4, 0.5) is 0 Å². The molecule has 0 aliphatic rings. The van der Waals surface area contributed by atoms with Crippen molar-refractivity contribution in [3.8, 4) is 0 Å². The van der Waals surface area contributed by atoms with Crippen molar-refractivity contribution >= 4 is 41.2 Å². The van der Waals surface area contributed by atoms with E-state index in [4.69, 9.17) is 0 Å². The second-order valence-corrected chi connectivity index (χ2v) is 9.08. The lowest BCUT2D eigenvalue weighted by Crippen LogP contribution is -2.46. The first-order valence-electron chi connectivity index (χ1n) is 8.27. The summed E-state index contributed by atoms with van der Waals surface area (Å²) in [7, 11) is 1.55. The summed E-state index contributed by atoms with van der Waals surface area (Å²) in [6, 6.07) is -0.558. The van der Waals surface area contributed by atoms with E-state index < -0.39 is 6.04 Å². The van der Waals surface area contributed by atoms with Crippen LogP contribution < -0.4 is 16.0 Å². The zero-order chi connectivity index (χ0) is 18.5. The molecule has 1 atom stereocenters. The van der Waals surface area contributed by atoms with Crippen LogP contribution in [0.25, 0.3) is 0 Å². The first-order chi connectivity index (χ1) is 11.3. The molecular formula is C16H31N3O3S2. The summed E-state index contributed by atoms with van der Waals surface area (Å²) in [5, 5.41) is 8.96. The van der Waals surface area contributed by atoms with E-state index in [9.17, 15) is 14.4 Å². The molecular weight excluding hydrogens is 346 g/mol. The van der Waals surface area contributed by atoms with E-state index in [0.29, 0.717) is 41.4 Å². The van der Waals surface area contributed by atoms with Gasteiger partial charge in [-0.1, -0.05) is 27.7 Å². The molecule has 0 aromatic carbocycles. The second kappa shape index (κ2) is 13.4. The molecule has 0 bridgehead atoms. The summed E-state index contributed by atoms with van der Waals surface area (Å²) in [5.41, 5.74) is 0. The minimum atomic E-state index is -0.558. The van der Waals surface area contributed by atoms with Gasteiger partial charge < -0.3 is 16.0 Å². The lowest BCUT2D eigenvalue weighted by Gasteiger charge is -2.17. The number of amides is 3. The molecule has 0 saturated heterocycles. The highest BCUT2D eigenvalue weighted by molar-refractivity contribution is 8.00. The van der Waals surface area contributed by atoms with Crippen molar-refractivity contribution in [2.75, 3.05) is 25.1 Å². The second-order valence-electron chi connectivity index (χ2n) is 5.95. The van der Waals surface area contributed by atoms with Crippen LogP contribution >= 0.6 is 23.5 Å². The fourth-order valence-electron chi connectivity index (χ4n) is 1.75. The molecule has 0 aliphatic carbocycles. The third-order valence-electron chi connectivity index (χ3n) is 2.99. The zero-order valence-electron chi connectivity index (χ0n) is 15.3. The summed E-state index contributed by atoms with van der Waals surface area (Å²) in [5.74, 6) is 0.440. The van der Waals surface area contributed by atoms with Gasteiger partial charge in [-0.3, -0.25) is 14.4 Å². The van der Waals surface area contributed by atoms with Gasteiger partial charge in [0, 0.05) is 13.6 Å². The Bertz CT molecular complexity index is 404. The molecule has 0 radical (unpaired) electrons. The Kier molecular flexibility index (Phi) is 12.9. The van der Waals surface area contributed by atoms with Crippen LogP contribution in [0.1, 0.15) is 40.5 Å². The van der Waals surface area contributed by atoms with Gasteiger partial charge in [-0.2, -0.15) is 0 Å². The van der Waals surface area contributed by atoms with Crippen LogP contribution in [0.15, 0.2) is 0 Å². The largest absolute Gasteiger partial charge is 0.357 e. The Morgan fingerprint density at radius 3 is 1.96 bits per heavy atom. The van der Waals surface area contributed by atoms with Gasteiger partial charge >= 0.3 is 0 Å². The van der Waals surface area contributed by atoms with Crippen molar-refractivity contribution in [1.29, 1.82) is 0 Å². The van der Waals surface area contributed by atoms with Gasteiger partial charge in [0.1, 0.15) is 6.04 Å². The van der Waals surface area contributed by atoms with Gasteiger partial charge in [0.2, 0.25) is 17.7 Å². The molecule has 0 heterocycles. The highest BCUT2D eigenvalue weighted by Crippen LogP contribution is 2.09. The van der Waals surface area contributed by atoms with E-state index >= 15 is 0 Å². The van der Waals surface area contributed by atoms with Crippen LogP contribution in [0.2, 0.25) is 0 Å². The molecule has 0 saturated carbocycles. The van der Waals surface area contributed by atoms with E-state index in [1.54, 1.807) is 18.8 Å². The summed E-state index contributed by atoms with van der Waals surface area (Å²) in [6.07, 6.45) is 1.13. The molecule has 0 rings (SSSR count). The number of thioether (sulfide) groups is 2. The van der Waals surface area contributed by atoms with Gasteiger partial charge in [0.15, 0.2) is 0 Å². The summed E-state index contributed by atoms with van der Waals surface area (Å²) < 4.78 is 0. The Hall–Kier alpha value is -0.890. The van der Waals surface area contributed by atoms with Crippen LogP contribution in [-0.2, 0) is 14.4 Å². The third kappa shape index (κ3) is 12.5. The highest BCUT2D eigenvalue weighted by Gasteiger charge is 2.19.